The second kappa shape index (κ2) is 6.88. The van der Waals surface area contributed by atoms with Gasteiger partial charge in [0, 0.05) is 23.0 Å². The number of fused-ring (bicyclic) bond motifs is 1. The van der Waals surface area contributed by atoms with Crippen LogP contribution >= 0.6 is 0 Å². The van der Waals surface area contributed by atoms with Gasteiger partial charge in [0.15, 0.2) is 0 Å². The molecule has 1 heterocycles. The molecule has 0 bridgehead atoms. The molecule has 0 saturated heterocycles. The standard InChI is InChI=1S/C22H15F3N2O/c23-22(24,25)17-9-7-15(8-10-17)21(28)27-18-5-1-4-16(13-18)19-6-2-3-14-11-12-26-20(14)19/h1-13,26H,(H,27,28). The Bertz CT molecular complexity index is 1140. The van der Waals surface area contributed by atoms with Crippen LogP contribution < -0.4 is 5.32 Å². The Morgan fingerprint density at radius 2 is 1.64 bits per heavy atom. The van der Waals surface area contributed by atoms with Crippen molar-refractivity contribution in [3.63, 3.8) is 0 Å². The molecule has 140 valence electrons. The van der Waals surface area contributed by atoms with Gasteiger partial charge in [0.05, 0.1) is 11.1 Å². The van der Waals surface area contributed by atoms with Crippen molar-refractivity contribution < 1.29 is 18.0 Å². The molecule has 0 atom stereocenters. The minimum Gasteiger partial charge on any atom is -0.361 e. The lowest BCUT2D eigenvalue weighted by Crippen LogP contribution is -2.12. The molecule has 0 radical (unpaired) electrons. The smallest absolute Gasteiger partial charge is 0.361 e. The zero-order chi connectivity index (χ0) is 19.7. The molecule has 0 aliphatic carbocycles. The van der Waals surface area contributed by atoms with Gasteiger partial charge in [0.25, 0.3) is 5.91 Å². The number of halogens is 3. The van der Waals surface area contributed by atoms with Crippen LogP contribution in [0.2, 0.25) is 0 Å². The third kappa shape index (κ3) is 3.49. The van der Waals surface area contributed by atoms with Crippen molar-refractivity contribution >= 4 is 22.5 Å². The Kier molecular flexibility index (Phi) is 4.39. The van der Waals surface area contributed by atoms with Crippen LogP contribution in [0.3, 0.4) is 0 Å². The molecule has 0 fully saturated rings. The maximum Gasteiger partial charge on any atom is 0.416 e. The fourth-order valence-electron chi connectivity index (χ4n) is 3.10. The zero-order valence-corrected chi connectivity index (χ0v) is 14.5. The van der Waals surface area contributed by atoms with E-state index in [-0.39, 0.29) is 5.56 Å². The van der Waals surface area contributed by atoms with Gasteiger partial charge in [-0.25, -0.2) is 0 Å². The van der Waals surface area contributed by atoms with Crippen molar-refractivity contribution in [2.24, 2.45) is 0 Å². The van der Waals surface area contributed by atoms with E-state index in [0.29, 0.717) is 5.69 Å². The molecule has 4 rings (SSSR count). The number of carbonyl (C=O) groups is 1. The fraction of sp³-hybridized carbons (Fsp3) is 0.0455. The SMILES string of the molecule is O=C(Nc1cccc(-c2cccc3cc[nH]c23)c1)c1ccc(C(F)(F)F)cc1. The molecule has 3 nitrogen and oxygen atoms in total. The first kappa shape index (κ1) is 17.9. The summed E-state index contributed by atoms with van der Waals surface area (Å²) < 4.78 is 38.0. The van der Waals surface area contributed by atoms with E-state index >= 15 is 0 Å². The number of aromatic amines is 1. The summed E-state index contributed by atoms with van der Waals surface area (Å²) >= 11 is 0. The van der Waals surface area contributed by atoms with Crippen LogP contribution in [0.1, 0.15) is 15.9 Å². The molecule has 0 spiro atoms. The van der Waals surface area contributed by atoms with Gasteiger partial charge < -0.3 is 10.3 Å². The van der Waals surface area contributed by atoms with E-state index in [9.17, 15) is 18.0 Å². The van der Waals surface area contributed by atoms with Crippen molar-refractivity contribution in [2.45, 2.75) is 6.18 Å². The van der Waals surface area contributed by atoms with Crippen LogP contribution in [0.25, 0.3) is 22.0 Å². The average molecular weight is 380 g/mol. The Morgan fingerprint density at radius 3 is 2.39 bits per heavy atom. The summed E-state index contributed by atoms with van der Waals surface area (Å²) in [6.45, 7) is 0. The maximum absolute atomic E-state index is 12.7. The number of hydrogen-bond acceptors (Lipinski definition) is 1. The number of benzene rings is 3. The lowest BCUT2D eigenvalue weighted by atomic mass is 10.0. The van der Waals surface area contributed by atoms with Crippen LogP contribution in [0.4, 0.5) is 18.9 Å². The molecule has 2 N–H and O–H groups in total. The Hall–Kier alpha value is -3.54. The van der Waals surface area contributed by atoms with Crippen molar-refractivity contribution in [1.29, 1.82) is 0 Å². The summed E-state index contributed by atoms with van der Waals surface area (Å²) in [7, 11) is 0. The Balaban J connectivity index is 1.58. The molecule has 0 aliphatic rings. The van der Waals surface area contributed by atoms with E-state index in [2.05, 4.69) is 10.3 Å². The van der Waals surface area contributed by atoms with Gasteiger partial charge >= 0.3 is 6.18 Å². The highest BCUT2D eigenvalue weighted by Gasteiger charge is 2.30. The highest BCUT2D eigenvalue weighted by Crippen LogP contribution is 2.30. The summed E-state index contributed by atoms with van der Waals surface area (Å²) in [4.78, 5) is 15.6. The predicted molar refractivity (Wildman–Crippen MR) is 103 cm³/mol. The topological polar surface area (TPSA) is 44.9 Å². The molecule has 3 aromatic carbocycles. The lowest BCUT2D eigenvalue weighted by Gasteiger charge is -2.10. The first-order valence-electron chi connectivity index (χ1n) is 8.57. The lowest BCUT2D eigenvalue weighted by molar-refractivity contribution is -0.137. The quantitative estimate of drug-likeness (QED) is 0.443. The summed E-state index contributed by atoms with van der Waals surface area (Å²) in [5.41, 5.74) is 2.83. The molecule has 0 unspecified atom stereocenters. The van der Waals surface area contributed by atoms with E-state index in [1.54, 1.807) is 6.07 Å². The van der Waals surface area contributed by atoms with Crippen LogP contribution in [-0.2, 0) is 6.18 Å². The highest BCUT2D eigenvalue weighted by molar-refractivity contribution is 6.05. The van der Waals surface area contributed by atoms with Gasteiger partial charge in [-0.15, -0.1) is 0 Å². The number of H-pyrrole nitrogens is 1. The monoisotopic (exact) mass is 380 g/mol. The number of alkyl halides is 3. The molecule has 1 amide bonds. The summed E-state index contributed by atoms with van der Waals surface area (Å²) in [5.74, 6) is -0.469. The van der Waals surface area contributed by atoms with Crippen LogP contribution in [-0.4, -0.2) is 10.9 Å². The number of para-hydroxylation sites is 1. The number of amides is 1. The van der Waals surface area contributed by atoms with Gasteiger partial charge in [-0.3, -0.25) is 4.79 Å². The second-order valence-electron chi connectivity index (χ2n) is 6.36. The first-order chi connectivity index (χ1) is 13.4. The third-order valence-electron chi connectivity index (χ3n) is 4.49. The molecule has 4 aromatic rings. The number of carbonyl (C=O) groups excluding carboxylic acids is 1. The number of nitrogens with one attached hydrogen (secondary N) is 2. The number of hydrogen-bond donors (Lipinski definition) is 2. The van der Waals surface area contributed by atoms with Gasteiger partial charge in [-0.1, -0.05) is 30.3 Å². The molecule has 6 heteroatoms. The van der Waals surface area contributed by atoms with Crippen LogP contribution in [0, 0.1) is 0 Å². The van der Waals surface area contributed by atoms with E-state index in [1.165, 1.54) is 12.1 Å². The van der Waals surface area contributed by atoms with Gasteiger partial charge in [0.2, 0.25) is 0 Å². The van der Waals surface area contributed by atoms with Crippen molar-refractivity contribution in [3.8, 4) is 11.1 Å². The Morgan fingerprint density at radius 1 is 0.893 bits per heavy atom. The molecule has 0 aliphatic heterocycles. The van der Waals surface area contributed by atoms with Crippen molar-refractivity contribution in [2.75, 3.05) is 5.32 Å². The van der Waals surface area contributed by atoms with E-state index in [0.717, 1.165) is 34.2 Å². The molecular weight excluding hydrogens is 365 g/mol. The molecule has 1 aromatic heterocycles. The second-order valence-corrected chi connectivity index (χ2v) is 6.36. The number of rotatable bonds is 3. The summed E-state index contributed by atoms with van der Waals surface area (Å²) in [5, 5.41) is 3.82. The van der Waals surface area contributed by atoms with Gasteiger partial charge in [-0.05, 0) is 53.4 Å². The molecule has 28 heavy (non-hydrogen) atoms. The molecular formula is C22H15F3N2O. The fourth-order valence-corrected chi connectivity index (χ4v) is 3.10. The minimum absolute atomic E-state index is 0.157. The van der Waals surface area contributed by atoms with Crippen LogP contribution in [0.15, 0.2) is 79.0 Å². The third-order valence-corrected chi connectivity index (χ3v) is 4.49. The van der Waals surface area contributed by atoms with Crippen molar-refractivity contribution in [1.82, 2.24) is 4.98 Å². The zero-order valence-electron chi connectivity index (χ0n) is 14.5. The molecule has 0 saturated carbocycles. The summed E-state index contributed by atoms with van der Waals surface area (Å²) in [6, 6.07) is 19.4. The van der Waals surface area contributed by atoms with E-state index in [4.69, 9.17) is 0 Å². The van der Waals surface area contributed by atoms with Crippen molar-refractivity contribution in [3.05, 3.63) is 90.1 Å². The summed E-state index contributed by atoms with van der Waals surface area (Å²) in [6.07, 6.45) is -2.56. The maximum atomic E-state index is 12.7. The highest BCUT2D eigenvalue weighted by atomic mass is 19.4. The minimum atomic E-state index is -4.43. The number of anilines is 1. The van der Waals surface area contributed by atoms with E-state index < -0.39 is 17.6 Å². The van der Waals surface area contributed by atoms with E-state index in [1.807, 2.05) is 48.7 Å². The van der Waals surface area contributed by atoms with Gasteiger partial charge in [-0.2, -0.15) is 13.2 Å². The first-order valence-corrected chi connectivity index (χ1v) is 8.57. The number of aromatic nitrogens is 1. The van der Waals surface area contributed by atoms with Crippen LogP contribution in [0.5, 0.6) is 0 Å². The predicted octanol–water partition coefficient (Wildman–Crippen LogP) is 6.11. The normalized spacial score (nSPS) is 11.5. The average Bonchev–Trinajstić information content (AvgIpc) is 3.16. The Labute approximate surface area is 158 Å². The largest absolute Gasteiger partial charge is 0.416 e. The van der Waals surface area contributed by atoms with Gasteiger partial charge in [0.1, 0.15) is 0 Å².